The number of fused-ring (bicyclic) bond motifs is 1. The third-order valence-corrected chi connectivity index (χ3v) is 5.16. The minimum absolute atomic E-state index is 0.141. The first kappa shape index (κ1) is 13.4. The second-order valence-corrected chi connectivity index (χ2v) is 6.34. The van der Waals surface area contributed by atoms with Crippen LogP contribution in [0.3, 0.4) is 0 Å². The molecule has 0 saturated heterocycles. The van der Waals surface area contributed by atoms with Crippen LogP contribution in [0.5, 0.6) is 0 Å². The van der Waals surface area contributed by atoms with Crippen molar-refractivity contribution in [1.82, 2.24) is 0 Å². The summed E-state index contributed by atoms with van der Waals surface area (Å²) in [6.45, 7) is 12.7. The van der Waals surface area contributed by atoms with Crippen LogP contribution in [0.1, 0.15) is 39.5 Å². The van der Waals surface area contributed by atoms with Crippen molar-refractivity contribution < 1.29 is 9.90 Å². The van der Waals surface area contributed by atoms with Gasteiger partial charge in [0.05, 0.1) is 0 Å². The minimum atomic E-state index is -0.831. The van der Waals surface area contributed by atoms with Crippen molar-refractivity contribution in [3.63, 3.8) is 0 Å². The van der Waals surface area contributed by atoms with E-state index >= 15 is 0 Å². The Labute approximate surface area is 110 Å². The lowest BCUT2D eigenvalue weighted by Crippen LogP contribution is -2.19. The fourth-order valence-corrected chi connectivity index (χ4v) is 4.23. The number of carboxylic acid groups (broad SMARTS) is 1. The predicted molar refractivity (Wildman–Crippen MR) is 73.2 cm³/mol. The molecule has 2 nitrogen and oxygen atoms in total. The molecule has 0 amide bonds. The van der Waals surface area contributed by atoms with Crippen LogP contribution in [-0.4, -0.2) is 11.1 Å². The van der Waals surface area contributed by atoms with E-state index in [1.54, 1.807) is 0 Å². The summed E-state index contributed by atoms with van der Waals surface area (Å²) in [5, 5.41) is 9.13. The average molecular weight is 248 g/mol. The quantitative estimate of drug-likeness (QED) is 0.594. The lowest BCUT2D eigenvalue weighted by Gasteiger charge is -2.25. The van der Waals surface area contributed by atoms with Crippen molar-refractivity contribution in [2.45, 2.75) is 39.5 Å². The maximum atomic E-state index is 11.1. The van der Waals surface area contributed by atoms with Gasteiger partial charge in [-0.1, -0.05) is 32.6 Å². The Morgan fingerprint density at radius 3 is 2.56 bits per heavy atom. The van der Waals surface area contributed by atoms with Gasteiger partial charge in [-0.25, -0.2) is 4.79 Å². The van der Waals surface area contributed by atoms with Crippen molar-refractivity contribution in [2.24, 2.45) is 29.6 Å². The van der Waals surface area contributed by atoms with Gasteiger partial charge in [0.2, 0.25) is 0 Å². The SMILES string of the molecule is C=C(C(=O)O)C1CCC(=C)[C@H]2C(C)CC(C)C2C1. The van der Waals surface area contributed by atoms with E-state index in [2.05, 4.69) is 27.0 Å². The van der Waals surface area contributed by atoms with Crippen LogP contribution in [0.25, 0.3) is 0 Å². The van der Waals surface area contributed by atoms with Gasteiger partial charge >= 0.3 is 5.97 Å². The standard InChI is InChI=1S/C16H24O2/c1-9-5-6-13(12(4)16(17)18)8-14-10(2)7-11(3)15(9)14/h10-11,13-15H,1,4-8H2,2-3H3,(H,17,18)/t10?,11?,13?,14?,15-/m0/s1. The third kappa shape index (κ3) is 2.25. The molecular formula is C16H24O2. The van der Waals surface area contributed by atoms with E-state index < -0.39 is 5.97 Å². The minimum Gasteiger partial charge on any atom is -0.478 e. The summed E-state index contributed by atoms with van der Waals surface area (Å²) in [5.41, 5.74) is 1.74. The molecule has 2 rings (SSSR count). The van der Waals surface area contributed by atoms with E-state index in [0.29, 0.717) is 29.2 Å². The van der Waals surface area contributed by atoms with Crippen molar-refractivity contribution >= 4 is 5.97 Å². The number of allylic oxidation sites excluding steroid dienone is 1. The number of rotatable bonds is 2. The molecule has 100 valence electrons. The molecule has 0 radical (unpaired) electrons. The highest BCUT2D eigenvalue weighted by Crippen LogP contribution is 2.51. The molecule has 0 aliphatic heterocycles. The Bertz CT molecular complexity index is 383. The van der Waals surface area contributed by atoms with E-state index in [9.17, 15) is 4.79 Å². The monoisotopic (exact) mass is 248 g/mol. The number of aliphatic carboxylic acids is 1. The molecular weight excluding hydrogens is 224 g/mol. The van der Waals surface area contributed by atoms with E-state index in [0.717, 1.165) is 19.3 Å². The molecule has 0 heterocycles. The molecule has 2 heteroatoms. The molecule has 0 spiro atoms. The number of carboxylic acids is 1. The zero-order valence-electron chi connectivity index (χ0n) is 11.5. The molecule has 2 aliphatic rings. The topological polar surface area (TPSA) is 37.3 Å². The maximum absolute atomic E-state index is 11.1. The Hall–Kier alpha value is -1.05. The van der Waals surface area contributed by atoms with Crippen molar-refractivity contribution in [3.8, 4) is 0 Å². The van der Waals surface area contributed by atoms with Gasteiger partial charge in [-0.3, -0.25) is 0 Å². The van der Waals surface area contributed by atoms with E-state index in [4.69, 9.17) is 5.11 Å². The smallest absolute Gasteiger partial charge is 0.331 e. The van der Waals surface area contributed by atoms with Gasteiger partial charge in [-0.2, -0.15) is 0 Å². The summed E-state index contributed by atoms with van der Waals surface area (Å²) in [5.74, 6) is 1.91. The highest BCUT2D eigenvalue weighted by atomic mass is 16.4. The average Bonchev–Trinajstić information content (AvgIpc) is 2.48. The van der Waals surface area contributed by atoms with Gasteiger partial charge in [0.1, 0.15) is 0 Å². The van der Waals surface area contributed by atoms with Crippen LogP contribution in [0, 0.1) is 29.6 Å². The predicted octanol–water partition coefficient (Wildman–Crippen LogP) is 3.89. The summed E-state index contributed by atoms with van der Waals surface area (Å²) in [7, 11) is 0. The van der Waals surface area contributed by atoms with E-state index in [1.165, 1.54) is 12.0 Å². The highest BCUT2D eigenvalue weighted by molar-refractivity contribution is 5.86. The van der Waals surface area contributed by atoms with Gasteiger partial charge in [0.25, 0.3) is 0 Å². The molecule has 2 aliphatic carbocycles. The first-order valence-electron chi connectivity index (χ1n) is 7.01. The first-order valence-corrected chi connectivity index (χ1v) is 7.01. The second kappa shape index (κ2) is 4.91. The Morgan fingerprint density at radius 1 is 1.28 bits per heavy atom. The van der Waals surface area contributed by atoms with Crippen molar-refractivity contribution in [2.75, 3.05) is 0 Å². The molecule has 0 aromatic carbocycles. The van der Waals surface area contributed by atoms with Crippen LogP contribution < -0.4 is 0 Å². The zero-order chi connectivity index (χ0) is 13.4. The number of hydrogen-bond acceptors (Lipinski definition) is 1. The number of hydrogen-bond donors (Lipinski definition) is 1. The van der Waals surface area contributed by atoms with Crippen LogP contribution in [0.4, 0.5) is 0 Å². The summed E-state index contributed by atoms with van der Waals surface area (Å²) in [6, 6.07) is 0. The third-order valence-electron chi connectivity index (χ3n) is 5.16. The summed E-state index contributed by atoms with van der Waals surface area (Å²) in [4.78, 5) is 11.1. The van der Waals surface area contributed by atoms with Gasteiger partial charge in [-0.05, 0) is 55.3 Å². The lowest BCUT2D eigenvalue weighted by molar-refractivity contribution is -0.133. The zero-order valence-corrected chi connectivity index (χ0v) is 11.5. The lowest BCUT2D eigenvalue weighted by atomic mass is 9.79. The fraction of sp³-hybridized carbons (Fsp3) is 0.688. The normalized spacial score (nSPS) is 40.1. The second-order valence-electron chi connectivity index (χ2n) is 6.34. The molecule has 4 unspecified atom stereocenters. The largest absolute Gasteiger partial charge is 0.478 e. The molecule has 0 aromatic heterocycles. The van der Waals surface area contributed by atoms with Crippen LogP contribution in [0.15, 0.2) is 24.3 Å². The summed E-state index contributed by atoms with van der Waals surface area (Å²) >= 11 is 0. The van der Waals surface area contributed by atoms with E-state index in [1.807, 2.05) is 0 Å². The van der Waals surface area contributed by atoms with Gasteiger partial charge in [0, 0.05) is 5.57 Å². The van der Waals surface area contributed by atoms with Crippen molar-refractivity contribution in [3.05, 3.63) is 24.3 Å². The van der Waals surface area contributed by atoms with Gasteiger partial charge in [0.15, 0.2) is 0 Å². The van der Waals surface area contributed by atoms with Crippen LogP contribution in [0.2, 0.25) is 0 Å². The van der Waals surface area contributed by atoms with E-state index in [-0.39, 0.29) is 5.92 Å². The molecule has 0 bridgehead atoms. The van der Waals surface area contributed by atoms with Gasteiger partial charge in [-0.15, -0.1) is 0 Å². The summed E-state index contributed by atoms with van der Waals surface area (Å²) < 4.78 is 0. The summed E-state index contributed by atoms with van der Waals surface area (Å²) in [6.07, 6.45) is 4.12. The fourth-order valence-electron chi connectivity index (χ4n) is 4.23. The first-order chi connectivity index (χ1) is 8.41. The Morgan fingerprint density at radius 2 is 1.94 bits per heavy atom. The Kier molecular flexibility index (Phi) is 3.65. The van der Waals surface area contributed by atoms with Crippen LogP contribution >= 0.6 is 0 Å². The molecule has 0 aromatic rings. The molecule has 2 saturated carbocycles. The number of carbonyl (C=O) groups is 1. The molecule has 1 N–H and O–H groups in total. The molecule has 2 fully saturated rings. The molecule has 5 atom stereocenters. The molecule has 18 heavy (non-hydrogen) atoms. The Balaban J connectivity index is 2.21. The van der Waals surface area contributed by atoms with Crippen LogP contribution in [-0.2, 0) is 4.79 Å². The highest BCUT2D eigenvalue weighted by Gasteiger charge is 2.43. The van der Waals surface area contributed by atoms with Crippen molar-refractivity contribution in [1.29, 1.82) is 0 Å². The van der Waals surface area contributed by atoms with Gasteiger partial charge < -0.3 is 5.11 Å². The maximum Gasteiger partial charge on any atom is 0.331 e.